The van der Waals surface area contributed by atoms with Crippen LogP contribution in [0, 0.1) is 0 Å². The number of ether oxygens (including phenoxy) is 1. The van der Waals surface area contributed by atoms with E-state index in [0.29, 0.717) is 22.3 Å². The molecule has 0 atom stereocenters. The number of aromatic amines is 1. The second-order valence-electron chi connectivity index (χ2n) is 3.86. The first-order valence-corrected chi connectivity index (χ1v) is 6.37. The van der Waals surface area contributed by atoms with Crippen molar-refractivity contribution in [2.24, 2.45) is 0 Å². The third-order valence-corrected chi connectivity index (χ3v) is 3.15. The van der Waals surface area contributed by atoms with Gasteiger partial charge in [0, 0.05) is 25.0 Å². The van der Waals surface area contributed by atoms with Gasteiger partial charge >= 0.3 is 0 Å². The van der Waals surface area contributed by atoms with Gasteiger partial charge in [-0.25, -0.2) is 0 Å². The summed E-state index contributed by atoms with van der Waals surface area (Å²) in [5.74, 6) is 0.304. The molecule has 0 saturated carbocycles. The molecule has 1 aromatic carbocycles. The second-order valence-corrected chi connectivity index (χ2v) is 4.67. The fourth-order valence-electron chi connectivity index (χ4n) is 1.44. The Kier molecular flexibility index (Phi) is 4.71. The SMILES string of the molecule is O=C(COc1ccc(Cl)c(Cl)c1)NCc1cc[nH]c1. The predicted octanol–water partition coefficient (Wildman–Crippen LogP) is 3.02. The van der Waals surface area contributed by atoms with Crippen LogP contribution in [0.5, 0.6) is 5.75 Å². The molecule has 0 aliphatic heterocycles. The number of aromatic nitrogens is 1. The summed E-state index contributed by atoms with van der Waals surface area (Å²) in [5.41, 5.74) is 1.00. The molecule has 1 aromatic heterocycles. The lowest BCUT2D eigenvalue weighted by Crippen LogP contribution is -2.28. The topological polar surface area (TPSA) is 54.1 Å². The van der Waals surface area contributed by atoms with E-state index in [2.05, 4.69) is 10.3 Å². The quantitative estimate of drug-likeness (QED) is 0.891. The van der Waals surface area contributed by atoms with Crippen LogP contribution in [-0.4, -0.2) is 17.5 Å². The maximum absolute atomic E-state index is 11.6. The minimum Gasteiger partial charge on any atom is -0.484 e. The van der Waals surface area contributed by atoms with Gasteiger partial charge in [-0.05, 0) is 23.8 Å². The monoisotopic (exact) mass is 298 g/mol. The number of hydrogen-bond donors (Lipinski definition) is 2. The fourth-order valence-corrected chi connectivity index (χ4v) is 1.72. The number of nitrogens with one attached hydrogen (secondary N) is 2. The molecule has 0 aliphatic carbocycles. The highest BCUT2D eigenvalue weighted by atomic mass is 35.5. The summed E-state index contributed by atoms with van der Waals surface area (Å²) < 4.78 is 5.31. The molecule has 6 heteroatoms. The molecule has 4 nitrogen and oxygen atoms in total. The Bertz CT molecular complexity index is 556. The summed E-state index contributed by atoms with van der Waals surface area (Å²) in [5, 5.41) is 3.58. The van der Waals surface area contributed by atoms with Crippen molar-refractivity contribution < 1.29 is 9.53 Å². The maximum Gasteiger partial charge on any atom is 0.258 e. The molecule has 2 N–H and O–H groups in total. The lowest BCUT2D eigenvalue weighted by atomic mass is 10.3. The third-order valence-electron chi connectivity index (χ3n) is 2.41. The number of carbonyl (C=O) groups excluding carboxylic acids is 1. The van der Waals surface area contributed by atoms with E-state index in [0.717, 1.165) is 5.56 Å². The Morgan fingerprint density at radius 3 is 2.79 bits per heavy atom. The Labute approximate surface area is 120 Å². The first kappa shape index (κ1) is 13.8. The van der Waals surface area contributed by atoms with E-state index in [9.17, 15) is 4.79 Å². The van der Waals surface area contributed by atoms with Crippen LogP contribution in [-0.2, 0) is 11.3 Å². The van der Waals surface area contributed by atoms with Crippen LogP contribution in [0.15, 0.2) is 36.7 Å². The minimum absolute atomic E-state index is 0.0671. The average molecular weight is 299 g/mol. The normalized spacial score (nSPS) is 10.2. The number of benzene rings is 1. The highest BCUT2D eigenvalue weighted by Gasteiger charge is 2.05. The van der Waals surface area contributed by atoms with Gasteiger partial charge in [0.05, 0.1) is 10.0 Å². The van der Waals surface area contributed by atoms with E-state index < -0.39 is 0 Å². The Morgan fingerprint density at radius 2 is 2.11 bits per heavy atom. The van der Waals surface area contributed by atoms with Crippen LogP contribution < -0.4 is 10.1 Å². The van der Waals surface area contributed by atoms with Gasteiger partial charge in [0.15, 0.2) is 6.61 Å². The van der Waals surface area contributed by atoms with E-state index in [1.54, 1.807) is 24.4 Å². The molecule has 0 unspecified atom stereocenters. The molecule has 0 aliphatic rings. The third kappa shape index (κ3) is 4.19. The van der Waals surface area contributed by atoms with Crippen LogP contribution in [0.3, 0.4) is 0 Å². The Morgan fingerprint density at radius 1 is 1.26 bits per heavy atom. The lowest BCUT2D eigenvalue weighted by Gasteiger charge is -2.07. The number of H-pyrrole nitrogens is 1. The van der Waals surface area contributed by atoms with E-state index in [-0.39, 0.29) is 12.5 Å². The summed E-state index contributed by atoms with van der Waals surface area (Å²) >= 11 is 11.6. The predicted molar refractivity (Wildman–Crippen MR) is 74.6 cm³/mol. The van der Waals surface area contributed by atoms with E-state index in [1.165, 1.54) is 0 Å². The number of carbonyl (C=O) groups is 1. The van der Waals surface area contributed by atoms with Gasteiger partial charge in [0.2, 0.25) is 0 Å². The Hall–Kier alpha value is -1.65. The first-order valence-electron chi connectivity index (χ1n) is 5.61. The van der Waals surface area contributed by atoms with Crippen molar-refractivity contribution >= 4 is 29.1 Å². The Balaban J connectivity index is 1.78. The molecule has 100 valence electrons. The molecule has 1 heterocycles. The zero-order valence-corrected chi connectivity index (χ0v) is 11.5. The molecular weight excluding hydrogens is 287 g/mol. The van der Waals surface area contributed by atoms with Crippen LogP contribution in [0.4, 0.5) is 0 Å². The number of amides is 1. The van der Waals surface area contributed by atoms with Crippen molar-refractivity contribution in [1.29, 1.82) is 0 Å². The van der Waals surface area contributed by atoms with Crippen molar-refractivity contribution in [2.75, 3.05) is 6.61 Å². The van der Waals surface area contributed by atoms with E-state index >= 15 is 0 Å². The van der Waals surface area contributed by atoms with E-state index in [1.807, 2.05) is 12.3 Å². The largest absolute Gasteiger partial charge is 0.484 e. The van der Waals surface area contributed by atoms with Gasteiger partial charge in [0.1, 0.15) is 5.75 Å². The first-order chi connectivity index (χ1) is 9.15. The summed E-state index contributed by atoms with van der Waals surface area (Å²) in [7, 11) is 0. The van der Waals surface area contributed by atoms with Crippen LogP contribution in [0.1, 0.15) is 5.56 Å². The number of halogens is 2. The maximum atomic E-state index is 11.6. The highest BCUT2D eigenvalue weighted by molar-refractivity contribution is 6.42. The second kappa shape index (κ2) is 6.50. The number of rotatable bonds is 5. The van der Waals surface area contributed by atoms with Gasteiger partial charge in [-0.15, -0.1) is 0 Å². The molecule has 0 radical (unpaired) electrons. The molecule has 1 amide bonds. The molecule has 19 heavy (non-hydrogen) atoms. The number of hydrogen-bond acceptors (Lipinski definition) is 2. The summed E-state index contributed by atoms with van der Waals surface area (Å²) in [6.07, 6.45) is 3.62. The van der Waals surface area contributed by atoms with Crippen LogP contribution >= 0.6 is 23.2 Å². The van der Waals surface area contributed by atoms with Gasteiger partial charge in [0.25, 0.3) is 5.91 Å². The molecular formula is C13H12Cl2N2O2. The van der Waals surface area contributed by atoms with Crippen LogP contribution in [0.2, 0.25) is 10.0 Å². The molecule has 0 spiro atoms. The van der Waals surface area contributed by atoms with Gasteiger partial charge in [-0.1, -0.05) is 23.2 Å². The van der Waals surface area contributed by atoms with Gasteiger partial charge in [-0.3, -0.25) is 4.79 Å². The average Bonchev–Trinajstić information content (AvgIpc) is 2.91. The zero-order chi connectivity index (χ0) is 13.7. The summed E-state index contributed by atoms with van der Waals surface area (Å²) in [6, 6.07) is 6.74. The van der Waals surface area contributed by atoms with Crippen molar-refractivity contribution in [3.05, 3.63) is 52.3 Å². The van der Waals surface area contributed by atoms with Crippen molar-refractivity contribution in [1.82, 2.24) is 10.3 Å². The fraction of sp³-hybridized carbons (Fsp3) is 0.154. The molecule has 0 fully saturated rings. The van der Waals surface area contributed by atoms with Crippen LogP contribution in [0.25, 0.3) is 0 Å². The van der Waals surface area contributed by atoms with Gasteiger partial charge < -0.3 is 15.0 Å². The standard InChI is InChI=1S/C13H12Cl2N2O2/c14-11-2-1-10(5-12(11)15)19-8-13(18)17-7-9-3-4-16-6-9/h1-6,16H,7-8H2,(H,17,18). The van der Waals surface area contributed by atoms with Gasteiger partial charge in [-0.2, -0.15) is 0 Å². The van der Waals surface area contributed by atoms with Crippen molar-refractivity contribution in [3.8, 4) is 5.75 Å². The molecule has 2 rings (SSSR count). The van der Waals surface area contributed by atoms with E-state index in [4.69, 9.17) is 27.9 Å². The van der Waals surface area contributed by atoms with Crippen molar-refractivity contribution in [3.63, 3.8) is 0 Å². The highest BCUT2D eigenvalue weighted by Crippen LogP contribution is 2.26. The molecule has 0 bridgehead atoms. The summed E-state index contributed by atoms with van der Waals surface area (Å²) in [6.45, 7) is 0.398. The minimum atomic E-state index is -0.202. The van der Waals surface area contributed by atoms with Crippen molar-refractivity contribution in [2.45, 2.75) is 6.54 Å². The smallest absolute Gasteiger partial charge is 0.258 e. The molecule has 0 saturated heterocycles. The molecule has 2 aromatic rings. The zero-order valence-electron chi connectivity index (χ0n) is 9.95. The lowest BCUT2D eigenvalue weighted by molar-refractivity contribution is -0.123. The summed E-state index contributed by atoms with van der Waals surface area (Å²) in [4.78, 5) is 14.5.